The van der Waals surface area contributed by atoms with Crippen molar-refractivity contribution in [2.75, 3.05) is 0 Å². The van der Waals surface area contributed by atoms with Gasteiger partial charge in [-0.1, -0.05) is 0 Å². The van der Waals surface area contributed by atoms with Crippen LogP contribution in [0.3, 0.4) is 0 Å². The summed E-state index contributed by atoms with van der Waals surface area (Å²) >= 11 is 0. The summed E-state index contributed by atoms with van der Waals surface area (Å²) in [5.74, 6) is 0.211. The molecule has 0 saturated heterocycles. The van der Waals surface area contributed by atoms with Gasteiger partial charge < -0.3 is 0 Å². The smallest absolute Gasteiger partial charge is 0.265 e. The Kier molecular flexibility index (Phi) is 2.14. The lowest BCUT2D eigenvalue weighted by molar-refractivity contribution is -0.141. The molecule has 2 aromatic heterocycles. The average molecular weight is 214 g/mol. The third-order valence-electron chi connectivity index (χ3n) is 1.72. The zero-order valence-corrected chi connectivity index (χ0v) is 7.28. The molecule has 0 aliphatic rings. The van der Waals surface area contributed by atoms with Crippen LogP contribution in [0.25, 0.3) is 11.4 Å². The van der Waals surface area contributed by atoms with E-state index in [1.807, 2.05) is 0 Å². The standard InChI is InChI=1S/C8H5F3N4/c9-8(10,11)6-3-5(1-2-12-6)7-13-4-14-15-7/h1-4H,(H,13,14,15). The molecule has 1 N–H and O–H groups in total. The summed E-state index contributed by atoms with van der Waals surface area (Å²) < 4.78 is 36.9. The Hall–Kier alpha value is -1.92. The van der Waals surface area contributed by atoms with Crippen molar-refractivity contribution in [3.63, 3.8) is 0 Å². The molecule has 4 nitrogen and oxygen atoms in total. The quantitative estimate of drug-likeness (QED) is 0.788. The molecule has 0 spiro atoms. The molecule has 2 aromatic rings. The van der Waals surface area contributed by atoms with E-state index >= 15 is 0 Å². The van der Waals surface area contributed by atoms with Crippen LogP contribution in [0.4, 0.5) is 13.2 Å². The monoisotopic (exact) mass is 214 g/mol. The van der Waals surface area contributed by atoms with Crippen LogP contribution in [0.1, 0.15) is 5.69 Å². The van der Waals surface area contributed by atoms with Crippen LogP contribution in [-0.2, 0) is 6.18 Å². The van der Waals surface area contributed by atoms with Crippen molar-refractivity contribution in [1.82, 2.24) is 20.2 Å². The van der Waals surface area contributed by atoms with Gasteiger partial charge in [0.2, 0.25) is 0 Å². The lowest BCUT2D eigenvalue weighted by Gasteiger charge is -2.05. The van der Waals surface area contributed by atoms with Crippen molar-refractivity contribution in [2.24, 2.45) is 0 Å². The van der Waals surface area contributed by atoms with Gasteiger partial charge in [0.25, 0.3) is 0 Å². The average Bonchev–Trinajstić information content (AvgIpc) is 2.69. The van der Waals surface area contributed by atoms with Crippen molar-refractivity contribution in [2.45, 2.75) is 6.18 Å². The first kappa shape index (κ1) is 9.63. The zero-order valence-electron chi connectivity index (χ0n) is 7.28. The van der Waals surface area contributed by atoms with E-state index in [9.17, 15) is 13.2 Å². The molecule has 2 heterocycles. The van der Waals surface area contributed by atoms with Crippen LogP contribution in [0.2, 0.25) is 0 Å². The van der Waals surface area contributed by atoms with Crippen LogP contribution in [0.15, 0.2) is 24.7 Å². The van der Waals surface area contributed by atoms with Crippen molar-refractivity contribution in [3.8, 4) is 11.4 Å². The van der Waals surface area contributed by atoms with Crippen LogP contribution in [0.5, 0.6) is 0 Å². The van der Waals surface area contributed by atoms with Gasteiger partial charge in [-0.05, 0) is 12.1 Å². The number of aromatic nitrogens is 4. The molecule has 0 unspecified atom stereocenters. The lowest BCUT2D eigenvalue weighted by atomic mass is 10.2. The summed E-state index contributed by atoms with van der Waals surface area (Å²) in [6.07, 6.45) is -2.08. The summed E-state index contributed by atoms with van der Waals surface area (Å²) in [4.78, 5) is 6.98. The first-order valence-electron chi connectivity index (χ1n) is 3.97. The molecule has 0 saturated carbocycles. The molecule has 0 amide bonds. The van der Waals surface area contributed by atoms with Crippen molar-refractivity contribution < 1.29 is 13.2 Å². The van der Waals surface area contributed by atoms with E-state index in [1.165, 1.54) is 12.4 Å². The minimum atomic E-state index is -4.45. The van der Waals surface area contributed by atoms with Crippen LogP contribution < -0.4 is 0 Å². The maximum atomic E-state index is 12.3. The highest BCUT2D eigenvalue weighted by molar-refractivity contribution is 5.54. The van der Waals surface area contributed by atoms with E-state index in [0.29, 0.717) is 0 Å². The number of H-pyrrole nitrogens is 1. The van der Waals surface area contributed by atoms with E-state index in [4.69, 9.17) is 0 Å². The zero-order chi connectivity index (χ0) is 10.9. The van der Waals surface area contributed by atoms with Crippen LogP contribution in [-0.4, -0.2) is 20.2 Å². The van der Waals surface area contributed by atoms with E-state index < -0.39 is 11.9 Å². The van der Waals surface area contributed by atoms with Gasteiger partial charge in [0.15, 0.2) is 5.82 Å². The van der Waals surface area contributed by atoms with E-state index in [1.54, 1.807) is 0 Å². The number of aromatic amines is 1. The molecule has 0 aliphatic carbocycles. The van der Waals surface area contributed by atoms with Gasteiger partial charge in [-0.25, -0.2) is 4.98 Å². The summed E-state index contributed by atoms with van der Waals surface area (Å²) in [7, 11) is 0. The first-order chi connectivity index (χ1) is 7.07. The van der Waals surface area contributed by atoms with E-state index in [0.717, 1.165) is 12.3 Å². The maximum absolute atomic E-state index is 12.3. The Bertz CT molecular complexity index is 449. The van der Waals surface area contributed by atoms with E-state index in [2.05, 4.69) is 20.2 Å². The fourth-order valence-electron chi connectivity index (χ4n) is 1.07. The summed E-state index contributed by atoms with van der Waals surface area (Å²) in [6, 6.07) is 2.32. The Balaban J connectivity index is 2.44. The highest BCUT2D eigenvalue weighted by Gasteiger charge is 2.32. The number of nitrogens with zero attached hydrogens (tertiary/aromatic N) is 3. The second kappa shape index (κ2) is 3.34. The molecule has 15 heavy (non-hydrogen) atoms. The van der Waals surface area contributed by atoms with Gasteiger partial charge in [0.05, 0.1) is 0 Å². The van der Waals surface area contributed by atoms with E-state index in [-0.39, 0.29) is 11.4 Å². The second-order valence-electron chi connectivity index (χ2n) is 2.75. The number of alkyl halides is 3. The normalized spacial score (nSPS) is 11.7. The number of hydrogen-bond acceptors (Lipinski definition) is 3. The fourth-order valence-corrected chi connectivity index (χ4v) is 1.07. The van der Waals surface area contributed by atoms with Gasteiger partial charge in [-0.3, -0.25) is 10.1 Å². The number of rotatable bonds is 1. The maximum Gasteiger partial charge on any atom is 0.433 e. The number of halogens is 3. The van der Waals surface area contributed by atoms with Gasteiger partial charge in [-0.15, -0.1) is 0 Å². The Labute approximate surface area is 82.2 Å². The molecule has 0 fully saturated rings. The molecule has 7 heteroatoms. The van der Waals surface area contributed by atoms with Crippen LogP contribution in [0, 0.1) is 0 Å². The van der Waals surface area contributed by atoms with Gasteiger partial charge in [-0.2, -0.15) is 18.3 Å². The predicted octanol–water partition coefficient (Wildman–Crippen LogP) is 1.89. The third kappa shape index (κ3) is 1.95. The van der Waals surface area contributed by atoms with Gasteiger partial charge in [0.1, 0.15) is 12.0 Å². The Morgan fingerprint density at radius 1 is 1.20 bits per heavy atom. The molecule has 0 aliphatic heterocycles. The number of pyridine rings is 1. The minimum Gasteiger partial charge on any atom is -0.265 e. The molecule has 0 atom stereocenters. The molecule has 78 valence electrons. The first-order valence-corrected chi connectivity index (χ1v) is 3.97. The summed E-state index contributed by atoms with van der Waals surface area (Å²) in [5.41, 5.74) is -0.677. The molecular weight excluding hydrogens is 209 g/mol. The highest BCUT2D eigenvalue weighted by Crippen LogP contribution is 2.29. The topological polar surface area (TPSA) is 54.5 Å². The van der Waals surface area contributed by atoms with Crippen molar-refractivity contribution >= 4 is 0 Å². The third-order valence-corrected chi connectivity index (χ3v) is 1.72. The number of hydrogen-bond donors (Lipinski definition) is 1. The Morgan fingerprint density at radius 3 is 2.60 bits per heavy atom. The molecular formula is C8H5F3N4. The second-order valence-corrected chi connectivity index (χ2v) is 2.75. The van der Waals surface area contributed by atoms with Crippen molar-refractivity contribution in [3.05, 3.63) is 30.4 Å². The largest absolute Gasteiger partial charge is 0.433 e. The summed E-state index contributed by atoms with van der Waals surface area (Å²) in [6.45, 7) is 0. The fraction of sp³-hybridized carbons (Fsp3) is 0.125. The predicted molar refractivity (Wildman–Crippen MR) is 44.6 cm³/mol. The molecule has 0 radical (unpaired) electrons. The Morgan fingerprint density at radius 2 is 2.00 bits per heavy atom. The molecule has 2 rings (SSSR count). The van der Waals surface area contributed by atoms with Crippen LogP contribution >= 0.6 is 0 Å². The highest BCUT2D eigenvalue weighted by atomic mass is 19.4. The SMILES string of the molecule is FC(F)(F)c1cc(-c2nc[nH]n2)ccn1. The van der Waals surface area contributed by atoms with Crippen molar-refractivity contribution in [1.29, 1.82) is 0 Å². The molecule has 0 bridgehead atoms. The summed E-state index contributed by atoms with van der Waals surface area (Å²) in [5, 5.41) is 6.10. The minimum absolute atomic E-state index is 0.211. The lowest BCUT2D eigenvalue weighted by Crippen LogP contribution is -2.07. The number of nitrogens with one attached hydrogen (secondary N) is 1. The molecule has 0 aromatic carbocycles. The van der Waals surface area contributed by atoms with Gasteiger partial charge in [0, 0.05) is 11.8 Å². The van der Waals surface area contributed by atoms with Gasteiger partial charge >= 0.3 is 6.18 Å².